The lowest BCUT2D eigenvalue weighted by atomic mass is 10.2. The first-order valence-electron chi connectivity index (χ1n) is 6.31. The Balaban J connectivity index is 1.90. The average Bonchev–Trinajstić information content (AvgIpc) is 2.97. The summed E-state index contributed by atoms with van der Waals surface area (Å²) < 4.78 is 0. The first-order chi connectivity index (χ1) is 8.70. The third kappa shape index (κ3) is 3.17. The van der Waals surface area contributed by atoms with E-state index in [1.54, 1.807) is 11.8 Å². The molecular weight excluding hydrogens is 246 g/mol. The third-order valence-electron chi connectivity index (χ3n) is 3.05. The molecule has 98 valence electrons. The number of aromatic nitrogens is 1. The van der Waals surface area contributed by atoms with Crippen molar-refractivity contribution in [2.75, 3.05) is 11.4 Å². The van der Waals surface area contributed by atoms with Gasteiger partial charge in [-0.05, 0) is 19.8 Å². The number of amides is 1. The molecule has 1 aliphatic carbocycles. The van der Waals surface area contributed by atoms with E-state index in [9.17, 15) is 4.79 Å². The van der Waals surface area contributed by atoms with Gasteiger partial charge in [-0.2, -0.15) is 0 Å². The molecule has 0 atom stereocenters. The summed E-state index contributed by atoms with van der Waals surface area (Å²) in [5.41, 5.74) is 1.02. The van der Waals surface area contributed by atoms with E-state index in [1.165, 1.54) is 11.3 Å². The number of thiazole rings is 1. The van der Waals surface area contributed by atoms with E-state index in [4.69, 9.17) is 0 Å². The smallest absolute Gasteiger partial charge is 0.225 e. The zero-order chi connectivity index (χ0) is 13.0. The van der Waals surface area contributed by atoms with Crippen LogP contribution in [0.5, 0.6) is 0 Å². The van der Waals surface area contributed by atoms with Crippen molar-refractivity contribution in [3.05, 3.63) is 23.2 Å². The first kappa shape index (κ1) is 13.2. The summed E-state index contributed by atoms with van der Waals surface area (Å²) in [5.74, 6) is 0.0475. The van der Waals surface area contributed by atoms with Crippen LogP contribution < -0.4 is 10.2 Å². The standard InChI is InChI=1S/C13H19N3OS/c1-3-16(10(2)17)13-15-12(9-18-13)8-14-11-6-4-5-7-11/h4-5,9,11,14H,3,6-8H2,1-2H3. The number of nitrogens with one attached hydrogen (secondary N) is 1. The molecule has 1 aromatic rings. The number of hydrogen-bond acceptors (Lipinski definition) is 4. The largest absolute Gasteiger partial charge is 0.308 e. The van der Waals surface area contributed by atoms with Gasteiger partial charge in [0.25, 0.3) is 0 Å². The van der Waals surface area contributed by atoms with Gasteiger partial charge in [0.05, 0.1) is 5.69 Å². The van der Waals surface area contributed by atoms with Crippen LogP contribution in [0.15, 0.2) is 17.5 Å². The molecule has 1 aromatic heterocycles. The van der Waals surface area contributed by atoms with Gasteiger partial charge >= 0.3 is 0 Å². The summed E-state index contributed by atoms with van der Waals surface area (Å²) in [5, 5.41) is 6.30. The molecule has 4 nitrogen and oxygen atoms in total. The van der Waals surface area contributed by atoms with Crippen molar-refractivity contribution >= 4 is 22.4 Å². The Kier molecular flexibility index (Phi) is 4.49. The Hall–Kier alpha value is -1.20. The van der Waals surface area contributed by atoms with Crippen LogP contribution in [0.2, 0.25) is 0 Å². The number of carbonyl (C=O) groups excluding carboxylic acids is 1. The monoisotopic (exact) mass is 265 g/mol. The summed E-state index contributed by atoms with van der Waals surface area (Å²) in [6.45, 7) is 4.98. The van der Waals surface area contributed by atoms with E-state index < -0.39 is 0 Å². The summed E-state index contributed by atoms with van der Waals surface area (Å²) in [4.78, 5) is 17.6. The van der Waals surface area contributed by atoms with Gasteiger partial charge in [-0.1, -0.05) is 12.2 Å². The van der Waals surface area contributed by atoms with E-state index in [2.05, 4.69) is 22.5 Å². The molecule has 0 unspecified atom stereocenters. The van der Waals surface area contributed by atoms with Gasteiger partial charge in [0.2, 0.25) is 5.91 Å². The highest BCUT2D eigenvalue weighted by atomic mass is 32.1. The van der Waals surface area contributed by atoms with Crippen LogP contribution in [0.25, 0.3) is 0 Å². The summed E-state index contributed by atoms with van der Waals surface area (Å²) in [7, 11) is 0. The fraction of sp³-hybridized carbons (Fsp3) is 0.538. The van der Waals surface area contributed by atoms with Crippen molar-refractivity contribution in [2.24, 2.45) is 0 Å². The van der Waals surface area contributed by atoms with Crippen LogP contribution >= 0.6 is 11.3 Å². The topological polar surface area (TPSA) is 45.2 Å². The van der Waals surface area contributed by atoms with Crippen LogP contribution in [0.4, 0.5) is 5.13 Å². The van der Waals surface area contributed by atoms with Gasteiger partial charge in [0.1, 0.15) is 0 Å². The Morgan fingerprint density at radius 3 is 2.89 bits per heavy atom. The highest BCUT2D eigenvalue weighted by Gasteiger charge is 2.14. The second-order valence-corrected chi connectivity index (χ2v) is 5.24. The minimum absolute atomic E-state index is 0.0475. The van der Waals surface area contributed by atoms with Gasteiger partial charge in [-0.15, -0.1) is 11.3 Å². The molecule has 5 heteroatoms. The molecular formula is C13H19N3OS. The first-order valence-corrected chi connectivity index (χ1v) is 7.19. The summed E-state index contributed by atoms with van der Waals surface area (Å²) in [6, 6.07) is 0.547. The fourth-order valence-corrected chi connectivity index (χ4v) is 2.96. The Morgan fingerprint density at radius 1 is 1.56 bits per heavy atom. The molecule has 0 aromatic carbocycles. The van der Waals surface area contributed by atoms with Gasteiger partial charge in [0, 0.05) is 31.4 Å². The molecule has 0 aliphatic heterocycles. The van der Waals surface area contributed by atoms with Gasteiger partial charge in [-0.25, -0.2) is 4.98 Å². The maximum atomic E-state index is 11.4. The molecule has 0 fully saturated rings. The second-order valence-electron chi connectivity index (χ2n) is 4.41. The van der Waals surface area contributed by atoms with Crippen molar-refractivity contribution in [1.82, 2.24) is 10.3 Å². The highest BCUT2D eigenvalue weighted by molar-refractivity contribution is 7.14. The molecule has 0 radical (unpaired) electrons. The van der Waals surface area contributed by atoms with Crippen LogP contribution in [-0.2, 0) is 11.3 Å². The number of nitrogens with zero attached hydrogens (tertiary/aromatic N) is 2. The van der Waals surface area contributed by atoms with Crippen molar-refractivity contribution in [3.8, 4) is 0 Å². The second kappa shape index (κ2) is 6.11. The zero-order valence-electron chi connectivity index (χ0n) is 10.8. The normalized spacial score (nSPS) is 15.2. The van der Waals surface area contributed by atoms with Crippen LogP contribution in [0, 0.1) is 0 Å². The van der Waals surface area contributed by atoms with Crippen molar-refractivity contribution < 1.29 is 4.79 Å². The van der Waals surface area contributed by atoms with E-state index in [1.807, 2.05) is 12.3 Å². The van der Waals surface area contributed by atoms with Gasteiger partial charge < -0.3 is 5.32 Å². The van der Waals surface area contributed by atoms with Crippen molar-refractivity contribution in [2.45, 2.75) is 39.3 Å². The molecule has 1 aliphatic rings. The maximum Gasteiger partial charge on any atom is 0.225 e. The van der Waals surface area contributed by atoms with E-state index in [-0.39, 0.29) is 5.91 Å². The molecule has 1 N–H and O–H groups in total. The minimum Gasteiger partial charge on any atom is -0.308 e. The highest BCUT2D eigenvalue weighted by Crippen LogP contribution is 2.21. The minimum atomic E-state index is 0.0475. The number of carbonyl (C=O) groups is 1. The van der Waals surface area contributed by atoms with Crippen molar-refractivity contribution in [3.63, 3.8) is 0 Å². The lowest BCUT2D eigenvalue weighted by Crippen LogP contribution is -2.28. The average molecular weight is 265 g/mol. The molecule has 0 bridgehead atoms. The Bertz CT molecular complexity index is 433. The zero-order valence-corrected chi connectivity index (χ0v) is 11.7. The number of rotatable bonds is 5. The lowest BCUT2D eigenvalue weighted by molar-refractivity contribution is -0.116. The van der Waals surface area contributed by atoms with E-state index >= 15 is 0 Å². The van der Waals surface area contributed by atoms with E-state index in [0.29, 0.717) is 12.6 Å². The number of hydrogen-bond donors (Lipinski definition) is 1. The molecule has 2 rings (SSSR count). The predicted octanol–water partition coefficient (Wildman–Crippen LogP) is 2.32. The SMILES string of the molecule is CCN(C(C)=O)c1nc(CNC2CC=CC2)cs1. The molecule has 0 spiro atoms. The Morgan fingerprint density at radius 2 is 2.28 bits per heavy atom. The van der Waals surface area contributed by atoms with Gasteiger partial charge in [0.15, 0.2) is 5.13 Å². The van der Waals surface area contributed by atoms with Gasteiger partial charge in [-0.3, -0.25) is 9.69 Å². The molecule has 0 saturated carbocycles. The maximum absolute atomic E-state index is 11.4. The van der Waals surface area contributed by atoms with Crippen molar-refractivity contribution in [1.29, 1.82) is 0 Å². The Labute approximate surface area is 112 Å². The summed E-state index contributed by atoms with van der Waals surface area (Å²) in [6.07, 6.45) is 6.62. The molecule has 0 saturated heterocycles. The molecule has 18 heavy (non-hydrogen) atoms. The third-order valence-corrected chi connectivity index (χ3v) is 3.96. The lowest BCUT2D eigenvalue weighted by Gasteiger charge is -2.14. The summed E-state index contributed by atoms with van der Waals surface area (Å²) >= 11 is 1.53. The molecule has 1 heterocycles. The number of anilines is 1. The molecule has 1 amide bonds. The van der Waals surface area contributed by atoms with Crippen LogP contribution in [0.3, 0.4) is 0 Å². The van der Waals surface area contributed by atoms with Crippen LogP contribution in [0.1, 0.15) is 32.4 Å². The van der Waals surface area contributed by atoms with E-state index in [0.717, 1.165) is 30.2 Å². The quantitative estimate of drug-likeness (QED) is 0.831. The van der Waals surface area contributed by atoms with Crippen LogP contribution in [-0.4, -0.2) is 23.5 Å². The predicted molar refractivity (Wildman–Crippen MR) is 74.8 cm³/mol. The fourth-order valence-electron chi connectivity index (χ4n) is 2.03.